The number of amides is 1. The molecule has 3 rings (SSSR count). The van der Waals surface area contributed by atoms with E-state index < -0.39 is 6.10 Å². The van der Waals surface area contributed by atoms with Crippen LogP contribution in [0.2, 0.25) is 0 Å². The number of aromatic nitrogens is 1. The summed E-state index contributed by atoms with van der Waals surface area (Å²) < 4.78 is 0. The predicted molar refractivity (Wildman–Crippen MR) is 121 cm³/mol. The van der Waals surface area contributed by atoms with Gasteiger partial charge in [0.15, 0.2) is 0 Å². The number of aryl methyl sites for hydroxylation is 2. The van der Waals surface area contributed by atoms with Gasteiger partial charge in [-0.15, -0.1) is 11.3 Å². The third kappa shape index (κ3) is 4.85. The molecule has 1 atom stereocenters. The van der Waals surface area contributed by atoms with Crippen molar-refractivity contribution in [2.45, 2.75) is 65.1 Å². The zero-order valence-electron chi connectivity index (χ0n) is 18.5. The lowest BCUT2D eigenvalue weighted by Gasteiger charge is -2.34. The van der Waals surface area contributed by atoms with Crippen LogP contribution in [0, 0.1) is 26.7 Å². The Bertz CT molecular complexity index is 955. The molecule has 2 heterocycles. The van der Waals surface area contributed by atoms with Crippen LogP contribution in [0.25, 0.3) is 0 Å². The smallest absolute Gasteiger partial charge is 0.253 e. The van der Waals surface area contributed by atoms with E-state index in [4.69, 9.17) is 0 Å². The molecule has 0 aliphatic heterocycles. The molecule has 1 aliphatic rings. The number of rotatable bonds is 6. The van der Waals surface area contributed by atoms with E-state index in [1.54, 1.807) is 0 Å². The SMILES string of the molecule is Cc1cc(C)c(CNC(=O)c2csc(C(O)C3CCC(N(C)C)CC3)c2C)c(=O)[nH]1. The Balaban J connectivity index is 1.66. The number of carbonyl (C=O) groups is 1. The molecule has 1 fully saturated rings. The summed E-state index contributed by atoms with van der Waals surface area (Å²) in [6, 6.07) is 2.49. The molecule has 0 aromatic carbocycles. The Morgan fingerprint density at radius 2 is 1.93 bits per heavy atom. The van der Waals surface area contributed by atoms with Crippen LogP contribution in [0.15, 0.2) is 16.2 Å². The first-order chi connectivity index (χ1) is 14.2. The Kier molecular flexibility index (Phi) is 7.16. The molecular weight excluding hydrogens is 398 g/mol. The zero-order chi connectivity index (χ0) is 22.0. The van der Waals surface area contributed by atoms with Gasteiger partial charge in [0, 0.05) is 34.1 Å². The van der Waals surface area contributed by atoms with Gasteiger partial charge in [0.1, 0.15) is 0 Å². The van der Waals surface area contributed by atoms with Crippen LogP contribution in [-0.4, -0.2) is 41.0 Å². The average Bonchev–Trinajstić information content (AvgIpc) is 3.08. The quantitative estimate of drug-likeness (QED) is 0.654. The molecule has 0 spiro atoms. The van der Waals surface area contributed by atoms with Crippen LogP contribution in [0.4, 0.5) is 0 Å². The molecule has 0 saturated heterocycles. The molecule has 2 aromatic heterocycles. The van der Waals surface area contributed by atoms with Crippen LogP contribution in [0.3, 0.4) is 0 Å². The molecule has 2 aromatic rings. The molecule has 1 unspecified atom stereocenters. The Hall–Kier alpha value is -1.96. The molecule has 1 saturated carbocycles. The number of hydrogen-bond acceptors (Lipinski definition) is 5. The first-order valence-corrected chi connectivity index (χ1v) is 11.5. The number of nitrogens with zero attached hydrogens (tertiary/aromatic N) is 1. The molecule has 3 N–H and O–H groups in total. The van der Waals surface area contributed by atoms with E-state index in [1.165, 1.54) is 11.3 Å². The van der Waals surface area contributed by atoms with Crippen molar-refractivity contribution in [1.82, 2.24) is 15.2 Å². The van der Waals surface area contributed by atoms with E-state index in [0.717, 1.165) is 47.4 Å². The number of aliphatic hydroxyl groups is 1. The monoisotopic (exact) mass is 431 g/mol. The number of hydrogen-bond donors (Lipinski definition) is 3. The average molecular weight is 432 g/mol. The maximum absolute atomic E-state index is 12.8. The van der Waals surface area contributed by atoms with Gasteiger partial charge >= 0.3 is 0 Å². The van der Waals surface area contributed by atoms with E-state index in [1.807, 2.05) is 32.2 Å². The molecule has 7 heteroatoms. The van der Waals surface area contributed by atoms with E-state index in [-0.39, 0.29) is 23.9 Å². The summed E-state index contributed by atoms with van der Waals surface area (Å²) in [6.45, 7) is 5.80. The zero-order valence-corrected chi connectivity index (χ0v) is 19.4. The minimum absolute atomic E-state index is 0.167. The maximum Gasteiger partial charge on any atom is 0.253 e. The lowest BCUT2D eigenvalue weighted by atomic mass is 9.81. The fourth-order valence-corrected chi connectivity index (χ4v) is 5.61. The van der Waals surface area contributed by atoms with Crippen molar-refractivity contribution < 1.29 is 9.90 Å². The number of carbonyl (C=O) groups excluding carboxylic acids is 1. The molecule has 1 aliphatic carbocycles. The fourth-order valence-electron chi connectivity index (χ4n) is 4.46. The van der Waals surface area contributed by atoms with Crippen LogP contribution >= 0.6 is 11.3 Å². The summed E-state index contributed by atoms with van der Waals surface area (Å²) in [4.78, 5) is 30.9. The van der Waals surface area contributed by atoms with Crippen molar-refractivity contribution in [2.24, 2.45) is 5.92 Å². The lowest BCUT2D eigenvalue weighted by Crippen LogP contribution is -2.33. The standard InChI is InChI=1S/C23H33N3O3S/c1-13-10-14(2)25-23(29)18(13)11-24-22(28)19-12-30-21(15(19)3)20(27)16-6-8-17(9-7-16)26(4)5/h10,12,16-17,20,27H,6-9,11H2,1-5H3,(H,24,28)(H,25,29). The topological polar surface area (TPSA) is 85.4 Å². The van der Waals surface area contributed by atoms with E-state index in [2.05, 4.69) is 29.3 Å². The molecule has 0 bridgehead atoms. The minimum atomic E-state index is -0.526. The van der Waals surface area contributed by atoms with Gasteiger partial charge in [-0.1, -0.05) is 0 Å². The van der Waals surface area contributed by atoms with Gasteiger partial charge in [-0.2, -0.15) is 0 Å². The van der Waals surface area contributed by atoms with Crippen molar-refractivity contribution in [3.63, 3.8) is 0 Å². The molecule has 30 heavy (non-hydrogen) atoms. The molecule has 0 radical (unpaired) electrons. The third-order valence-corrected chi connectivity index (χ3v) is 7.58. The molecule has 164 valence electrons. The Labute approximate surface area is 182 Å². The number of aromatic amines is 1. The highest BCUT2D eigenvalue weighted by atomic mass is 32.1. The first kappa shape index (κ1) is 22.7. The summed E-state index contributed by atoms with van der Waals surface area (Å²) in [6.07, 6.45) is 3.66. The van der Waals surface area contributed by atoms with Gasteiger partial charge < -0.3 is 20.3 Å². The Morgan fingerprint density at radius 1 is 1.27 bits per heavy atom. The summed E-state index contributed by atoms with van der Waals surface area (Å²) >= 11 is 1.45. The number of H-pyrrole nitrogens is 1. The second-order valence-electron chi connectivity index (χ2n) is 8.74. The largest absolute Gasteiger partial charge is 0.387 e. The second-order valence-corrected chi connectivity index (χ2v) is 9.65. The lowest BCUT2D eigenvalue weighted by molar-refractivity contribution is 0.0676. The number of nitrogens with one attached hydrogen (secondary N) is 2. The van der Waals surface area contributed by atoms with Crippen molar-refractivity contribution in [1.29, 1.82) is 0 Å². The fraction of sp³-hybridized carbons (Fsp3) is 0.565. The summed E-state index contributed by atoms with van der Waals surface area (Å²) in [5.74, 6) is 0.0288. The summed E-state index contributed by atoms with van der Waals surface area (Å²) in [7, 11) is 4.23. The summed E-state index contributed by atoms with van der Waals surface area (Å²) in [5, 5.41) is 15.7. The first-order valence-electron chi connectivity index (χ1n) is 10.6. The number of pyridine rings is 1. The highest BCUT2D eigenvalue weighted by molar-refractivity contribution is 7.10. The third-order valence-electron chi connectivity index (χ3n) is 6.43. The number of aliphatic hydroxyl groups excluding tert-OH is 1. The van der Waals surface area contributed by atoms with Gasteiger partial charge in [0.05, 0.1) is 11.7 Å². The molecular formula is C23H33N3O3S. The van der Waals surface area contributed by atoms with Gasteiger partial charge in [-0.25, -0.2) is 0 Å². The van der Waals surface area contributed by atoms with E-state index >= 15 is 0 Å². The van der Waals surface area contributed by atoms with Crippen LogP contribution in [0.5, 0.6) is 0 Å². The van der Waals surface area contributed by atoms with E-state index in [0.29, 0.717) is 17.2 Å². The van der Waals surface area contributed by atoms with Crippen molar-refractivity contribution >= 4 is 17.2 Å². The molecule has 6 nitrogen and oxygen atoms in total. The maximum atomic E-state index is 12.8. The number of thiophene rings is 1. The van der Waals surface area contributed by atoms with Crippen LogP contribution < -0.4 is 10.9 Å². The highest BCUT2D eigenvalue weighted by Gasteiger charge is 2.30. The minimum Gasteiger partial charge on any atom is -0.387 e. The predicted octanol–water partition coefficient (Wildman–Crippen LogP) is 3.45. The van der Waals surface area contributed by atoms with Gasteiger partial charge in [-0.05, 0) is 83.7 Å². The van der Waals surface area contributed by atoms with Crippen molar-refractivity contribution in [3.8, 4) is 0 Å². The Morgan fingerprint density at radius 3 is 2.53 bits per heavy atom. The molecule has 1 amide bonds. The van der Waals surface area contributed by atoms with Crippen LogP contribution in [-0.2, 0) is 6.54 Å². The van der Waals surface area contributed by atoms with E-state index in [9.17, 15) is 14.7 Å². The summed E-state index contributed by atoms with van der Waals surface area (Å²) in [5.41, 5.74) is 3.49. The van der Waals surface area contributed by atoms with Gasteiger partial charge in [-0.3, -0.25) is 9.59 Å². The van der Waals surface area contributed by atoms with Gasteiger partial charge in [0.25, 0.3) is 11.5 Å². The van der Waals surface area contributed by atoms with Crippen molar-refractivity contribution in [2.75, 3.05) is 14.1 Å². The second kappa shape index (κ2) is 9.45. The highest BCUT2D eigenvalue weighted by Crippen LogP contribution is 2.39. The normalized spacial score (nSPS) is 20.4. The van der Waals surface area contributed by atoms with Crippen molar-refractivity contribution in [3.05, 3.63) is 54.6 Å². The van der Waals surface area contributed by atoms with Gasteiger partial charge in [0.2, 0.25) is 0 Å². The van der Waals surface area contributed by atoms with Crippen LogP contribution in [0.1, 0.15) is 69.4 Å².